The van der Waals surface area contributed by atoms with E-state index in [0.717, 1.165) is 16.6 Å². The maximum Gasteiger partial charge on any atom is 0.0881 e. The monoisotopic (exact) mass is 205 g/mol. The molecule has 0 amide bonds. The largest absolute Gasteiger partial charge is 0.388 e. The maximum absolute atomic E-state index is 9.78. The fraction of sp³-hybridized carbons (Fsp3) is 0.364. The highest BCUT2D eigenvalue weighted by molar-refractivity contribution is 5.76. The second-order valence-corrected chi connectivity index (χ2v) is 3.69. The lowest BCUT2D eigenvalue weighted by Gasteiger charge is -2.09. The number of fused-ring (bicyclic) bond motifs is 1. The molecule has 0 aliphatic heterocycles. The second kappa shape index (κ2) is 4.00. The Morgan fingerprint density at radius 3 is 3.13 bits per heavy atom. The fourth-order valence-corrected chi connectivity index (χ4v) is 1.66. The summed E-state index contributed by atoms with van der Waals surface area (Å²) in [6, 6.07) is 3.91. The summed E-state index contributed by atoms with van der Waals surface area (Å²) in [4.78, 5) is 4.28. The quantitative estimate of drug-likeness (QED) is 0.784. The summed E-state index contributed by atoms with van der Waals surface area (Å²) in [5, 5.41) is 9.78. The topological polar surface area (TPSA) is 64.1 Å². The molecule has 2 rings (SSSR count). The van der Waals surface area contributed by atoms with E-state index in [0.29, 0.717) is 13.0 Å². The Balaban J connectivity index is 2.41. The lowest BCUT2D eigenvalue weighted by Crippen LogP contribution is -2.07. The van der Waals surface area contributed by atoms with Crippen molar-refractivity contribution in [3.05, 3.63) is 30.1 Å². The Morgan fingerprint density at radius 1 is 1.60 bits per heavy atom. The molecule has 80 valence electrons. The molecule has 1 unspecified atom stereocenters. The van der Waals surface area contributed by atoms with Crippen LogP contribution in [-0.2, 0) is 7.05 Å². The van der Waals surface area contributed by atoms with Crippen LogP contribution in [0.4, 0.5) is 0 Å². The van der Waals surface area contributed by atoms with E-state index in [9.17, 15) is 5.11 Å². The van der Waals surface area contributed by atoms with Crippen LogP contribution in [0.5, 0.6) is 0 Å². The van der Waals surface area contributed by atoms with Crippen molar-refractivity contribution in [2.24, 2.45) is 12.8 Å². The zero-order chi connectivity index (χ0) is 10.8. The van der Waals surface area contributed by atoms with E-state index in [-0.39, 0.29) is 0 Å². The van der Waals surface area contributed by atoms with Crippen LogP contribution in [0.2, 0.25) is 0 Å². The molecule has 2 aromatic heterocycles. The van der Waals surface area contributed by atoms with Gasteiger partial charge in [-0.1, -0.05) is 0 Å². The van der Waals surface area contributed by atoms with Crippen LogP contribution in [0.25, 0.3) is 11.0 Å². The van der Waals surface area contributed by atoms with Gasteiger partial charge in [-0.15, -0.1) is 0 Å². The van der Waals surface area contributed by atoms with Gasteiger partial charge in [0, 0.05) is 25.0 Å². The predicted molar refractivity (Wildman–Crippen MR) is 59.3 cm³/mol. The minimum atomic E-state index is -0.512. The highest BCUT2D eigenvalue weighted by Gasteiger charge is 2.08. The van der Waals surface area contributed by atoms with Gasteiger partial charge < -0.3 is 15.4 Å². The number of aliphatic hydroxyl groups is 1. The average Bonchev–Trinajstić information content (AvgIpc) is 2.60. The first-order valence-electron chi connectivity index (χ1n) is 5.01. The lowest BCUT2D eigenvalue weighted by molar-refractivity contribution is 0.170. The Kier molecular flexibility index (Phi) is 2.70. The highest BCUT2D eigenvalue weighted by Crippen LogP contribution is 2.20. The third-order valence-corrected chi connectivity index (χ3v) is 2.58. The molecule has 0 spiro atoms. The van der Waals surface area contributed by atoms with Crippen LogP contribution in [0.1, 0.15) is 18.1 Å². The predicted octanol–water partition coefficient (Wildman–Crippen LogP) is 0.956. The molecular formula is C11H15N3O. The molecular weight excluding hydrogens is 190 g/mol. The van der Waals surface area contributed by atoms with Crippen molar-refractivity contribution in [1.82, 2.24) is 9.55 Å². The van der Waals surface area contributed by atoms with Crippen LogP contribution in [0, 0.1) is 0 Å². The van der Waals surface area contributed by atoms with Gasteiger partial charge in [-0.05, 0) is 25.1 Å². The fourth-order valence-electron chi connectivity index (χ4n) is 1.66. The number of rotatable bonds is 3. The summed E-state index contributed by atoms with van der Waals surface area (Å²) in [7, 11) is 1.96. The summed E-state index contributed by atoms with van der Waals surface area (Å²) in [5.74, 6) is 0. The zero-order valence-electron chi connectivity index (χ0n) is 8.72. The molecule has 0 aromatic carbocycles. The molecule has 0 radical (unpaired) electrons. The molecule has 0 saturated carbocycles. The number of aliphatic hydroxyl groups excluding tert-OH is 1. The van der Waals surface area contributed by atoms with E-state index in [2.05, 4.69) is 4.98 Å². The summed E-state index contributed by atoms with van der Waals surface area (Å²) < 4.78 is 1.99. The first-order chi connectivity index (χ1) is 7.22. The number of hydrogen-bond acceptors (Lipinski definition) is 3. The average molecular weight is 205 g/mol. The minimum absolute atomic E-state index is 0.479. The molecule has 15 heavy (non-hydrogen) atoms. The molecule has 0 aliphatic carbocycles. The molecule has 0 aliphatic rings. The van der Waals surface area contributed by atoms with E-state index in [1.165, 1.54) is 0 Å². The molecule has 4 heteroatoms. The van der Waals surface area contributed by atoms with Gasteiger partial charge >= 0.3 is 0 Å². The Morgan fingerprint density at radius 2 is 2.40 bits per heavy atom. The van der Waals surface area contributed by atoms with Crippen molar-refractivity contribution >= 4 is 11.0 Å². The third kappa shape index (κ3) is 1.86. The molecule has 4 nitrogen and oxygen atoms in total. The van der Waals surface area contributed by atoms with Crippen molar-refractivity contribution in [1.29, 1.82) is 0 Å². The number of pyridine rings is 1. The third-order valence-electron chi connectivity index (χ3n) is 2.58. The lowest BCUT2D eigenvalue weighted by atomic mass is 10.1. The minimum Gasteiger partial charge on any atom is -0.388 e. The van der Waals surface area contributed by atoms with E-state index in [1.54, 1.807) is 6.20 Å². The smallest absolute Gasteiger partial charge is 0.0881 e. The van der Waals surface area contributed by atoms with Crippen molar-refractivity contribution in [3.8, 4) is 0 Å². The number of aryl methyl sites for hydroxylation is 1. The molecule has 0 bridgehead atoms. The van der Waals surface area contributed by atoms with E-state index in [4.69, 9.17) is 5.73 Å². The summed E-state index contributed by atoms with van der Waals surface area (Å²) in [6.07, 6.45) is 3.72. The molecule has 2 heterocycles. The Hall–Kier alpha value is -1.39. The van der Waals surface area contributed by atoms with Gasteiger partial charge in [-0.2, -0.15) is 0 Å². The van der Waals surface area contributed by atoms with Gasteiger partial charge in [-0.3, -0.25) is 4.98 Å². The van der Waals surface area contributed by atoms with Crippen molar-refractivity contribution in [2.45, 2.75) is 12.5 Å². The van der Waals surface area contributed by atoms with E-state index >= 15 is 0 Å². The van der Waals surface area contributed by atoms with Crippen molar-refractivity contribution in [3.63, 3.8) is 0 Å². The van der Waals surface area contributed by atoms with Crippen LogP contribution < -0.4 is 5.73 Å². The zero-order valence-corrected chi connectivity index (χ0v) is 8.72. The first kappa shape index (κ1) is 10.1. The first-order valence-corrected chi connectivity index (χ1v) is 5.01. The van der Waals surface area contributed by atoms with Crippen molar-refractivity contribution in [2.75, 3.05) is 6.54 Å². The summed E-state index contributed by atoms with van der Waals surface area (Å²) in [6.45, 7) is 0.479. The van der Waals surface area contributed by atoms with E-state index in [1.807, 2.05) is 29.9 Å². The Labute approximate surface area is 88.3 Å². The number of hydrogen-bond donors (Lipinski definition) is 2. The molecule has 2 aromatic rings. The molecule has 0 saturated heterocycles. The van der Waals surface area contributed by atoms with Crippen LogP contribution in [0.3, 0.4) is 0 Å². The van der Waals surface area contributed by atoms with E-state index < -0.39 is 6.10 Å². The second-order valence-electron chi connectivity index (χ2n) is 3.69. The standard InChI is InChI=1S/C11H15N3O/c1-14-5-3-9-10(14)6-8(7-13-9)11(15)2-4-12/h3,5-7,11,15H,2,4,12H2,1H3. The van der Waals surface area contributed by atoms with Gasteiger partial charge in [0.2, 0.25) is 0 Å². The normalized spacial score (nSPS) is 13.3. The van der Waals surface area contributed by atoms with Crippen molar-refractivity contribution < 1.29 is 5.11 Å². The molecule has 1 atom stereocenters. The summed E-state index contributed by atoms with van der Waals surface area (Å²) >= 11 is 0. The summed E-state index contributed by atoms with van der Waals surface area (Å²) in [5.41, 5.74) is 8.21. The molecule has 3 N–H and O–H groups in total. The SMILES string of the molecule is Cn1ccc2ncc(C(O)CCN)cc21. The number of nitrogens with two attached hydrogens (primary N) is 1. The number of aromatic nitrogens is 2. The Bertz CT molecular complexity index is 464. The van der Waals surface area contributed by atoms with Gasteiger partial charge in [0.05, 0.1) is 17.1 Å². The number of nitrogens with zero attached hydrogens (tertiary/aromatic N) is 2. The maximum atomic E-state index is 9.78. The van der Waals surface area contributed by atoms with Crippen LogP contribution in [0.15, 0.2) is 24.5 Å². The highest BCUT2D eigenvalue weighted by atomic mass is 16.3. The molecule has 0 fully saturated rings. The van der Waals surface area contributed by atoms with Crippen LogP contribution >= 0.6 is 0 Å². The van der Waals surface area contributed by atoms with Gasteiger partial charge in [0.25, 0.3) is 0 Å². The van der Waals surface area contributed by atoms with Gasteiger partial charge in [0.15, 0.2) is 0 Å². The van der Waals surface area contributed by atoms with Crippen LogP contribution in [-0.4, -0.2) is 21.2 Å². The van der Waals surface area contributed by atoms with Gasteiger partial charge in [-0.25, -0.2) is 0 Å². The van der Waals surface area contributed by atoms with Gasteiger partial charge in [0.1, 0.15) is 0 Å².